The molecule has 0 spiro atoms. The summed E-state index contributed by atoms with van der Waals surface area (Å²) < 4.78 is 21.0. The largest absolute Gasteiger partial charge is 0.494 e. The summed E-state index contributed by atoms with van der Waals surface area (Å²) in [5.74, 6) is -0.0652. The van der Waals surface area contributed by atoms with Crippen molar-refractivity contribution in [2.75, 3.05) is 33.3 Å². The summed E-state index contributed by atoms with van der Waals surface area (Å²) >= 11 is 0. The van der Waals surface area contributed by atoms with Crippen molar-refractivity contribution in [3.05, 3.63) is 90.0 Å². The molecule has 4 aromatic rings. The second-order valence-electron chi connectivity index (χ2n) is 8.19. The van der Waals surface area contributed by atoms with Crippen molar-refractivity contribution in [2.24, 2.45) is 0 Å². The molecular weight excluding hydrogens is 419 g/mol. The average Bonchev–Trinajstić information content (AvgIpc) is 3.29. The van der Waals surface area contributed by atoms with Gasteiger partial charge in [-0.2, -0.15) is 0 Å². The lowest BCUT2D eigenvalue weighted by Gasteiger charge is -2.34. The highest BCUT2D eigenvalue weighted by atomic mass is 19.1. The normalized spacial score (nSPS) is 14.5. The number of rotatable bonds is 5. The molecule has 2 heterocycles. The Labute approximate surface area is 191 Å². The fraction of sp³-hybridized carbons (Fsp3) is 0.231. The molecule has 0 radical (unpaired) electrons. The van der Waals surface area contributed by atoms with Gasteiger partial charge in [-0.3, -0.25) is 14.3 Å². The van der Waals surface area contributed by atoms with Gasteiger partial charge in [0.15, 0.2) is 11.6 Å². The molecule has 0 bridgehead atoms. The van der Waals surface area contributed by atoms with Gasteiger partial charge in [-0.15, -0.1) is 0 Å². The summed E-state index contributed by atoms with van der Waals surface area (Å²) in [6.07, 6.45) is 1.80. The van der Waals surface area contributed by atoms with Gasteiger partial charge in [0.05, 0.1) is 18.1 Å². The monoisotopic (exact) mass is 444 g/mol. The van der Waals surface area contributed by atoms with E-state index in [0.29, 0.717) is 25.2 Å². The third-order valence-electron chi connectivity index (χ3n) is 6.13. The summed E-state index contributed by atoms with van der Waals surface area (Å²) in [5.41, 5.74) is 4.51. The Morgan fingerprint density at radius 3 is 2.48 bits per heavy atom. The van der Waals surface area contributed by atoms with E-state index in [2.05, 4.69) is 9.88 Å². The minimum absolute atomic E-state index is 0.0344. The molecule has 6 nitrogen and oxygen atoms in total. The number of halogens is 1. The van der Waals surface area contributed by atoms with E-state index in [1.54, 1.807) is 12.4 Å². The molecule has 0 saturated carbocycles. The summed E-state index contributed by atoms with van der Waals surface area (Å²) in [5, 5.41) is 0. The zero-order valence-corrected chi connectivity index (χ0v) is 18.4. The Kier molecular flexibility index (Phi) is 5.79. The number of hydrogen-bond donors (Lipinski definition) is 0. The highest BCUT2D eigenvalue weighted by molar-refractivity contribution is 5.94. The van der Waals surface area contributed by atoms with Crippen molar-refractivity contribution < 1.29 is 13.9 Å². The smallest absolute Gasteiger partial charge is 0.253 e. The van der Waals surface area contributed by atoms with Crippen LogP contribution in [0.15, 0.2) is 73.1 Å². The average molecular weight is 445 g/mol. The highest BCUT2D eigenvalue weighted by Crippen LogP contribution is 2.21. The van der Waals surface area contributed by atoms with Crippen molar-refractivity contribution >= 4 is 16.9 Å². The number of aromatic nitrogens is 2. The number of nitrogens with zero attached hydrogens (tertiary/aromatic N) is 4. The number of carbonyl (C=O) groups is 1. The zero-order chi connectivity index (χ0) is 22.8. The first-order valence-corrected chi connectivity index (χ1v) is 11.0. The fourth-order valence-corrected chi connectivity index (χ4v) is 4.29. The zero-order valence-electron chi connectivity index (χ0n) is 18.4. The number of para-hydroxylation sites is 2. The molecule has 5 rings (SSSR count). The maximum absolute atomic E-state index is 14.0. The molecule has 1 saturated heterocycles. The predicted molar refractivity (Wildman–Crippen MR) is 125 cm³/mol. The van der Waals surface area contributed by atoms with Crippen LogP contribution in [-0.4, -0.2) is 58.5 Å². The lowest BCUT2D eigenvalue weighted by Crippen LogP contribution is -2.48. The van der Waals surface area contributed by atoms with Crippen LogP contribution in [0.1, 0.15) is 15.9 Å². The topological polar surface area (TPSA) is 50.6 Å². The molecule has 0 unspecified atom stereocenters. The second kappa shape index (κ2) is 9.03. The predicted octanol–water partition coefficient (Wildman–Crippen LogP) is 4.13. The van der Waals surface area contributed by atoms with Crippen molar-refractivity contribution in [1.82, 2.24) is 19.4 Å². The first kappa shape index (κ1) is 21.2. The maximum Gasteiger partial charge on any atom is 0.253 e. The molecule has 1 amide bonds. The van der Waals surface area contributed by atoms with Gasteiger partial charge < -0.3 is 9.64 Å². The fourth-order valence-electron chi connectivity index (χ4n) is 4.29. The minimum Gasteiger partial charge on any atom is -0.494 e. The van der Waals surface area contributed by atoms with Gasteiger partial charge in [0, 0.05) is 44.0 Å². The van der Waals surface area contributed by atoms with Crippen LogP contribution < -0.4 is 4.74 Å². The molecule has 0 N–H and O–H groups in total. The molecule has 1 aromatic heterocycles. The molecule has 0 aliphatic carbocycles. The standard InChI is InChI=1S/C26H25FN4O2/c1-33-25-11-6-19(16-22(25)27)17-29-12-14-30(15-13-29)26(32)20-7-9-21(10-8-20)31-18-28-23-4-2-3-5-24(23)31/h2-11,16,18H,12-15,17H2,1H3. The van der Waals surface area contributed by atoms with E-state index in [1.807, 2.05) is 64.1 Å². The van der Waals surface area contributed by atoms with Crippen LogP contribution in [0, 0.1) is 5.82 Å². The van der Waals surface area contributed by atoms with Crippen LogP contribution >= 0.6 is 0 Å². The SMILES string of the molecule is COc1ccc(CN2CCN(C(=O)c3ccc(-n4cnc5ccccc54)cc3)CC2)cc1F. The lowest BCUT2D eigenvalue weighted by atomic mass is 10.1. The Morgan fingerprint density at radius 1 is 1.00 bits per heavy atom. The van der Waals surface area contributed by atoms with Gasteiger partial charge in [0.2, 0.25) is 0 Å². The summed E-state index contributed by atoms with van der Waals surface area (Å²) in [6.45, 7) is 3.43. The van der Waals surface area contributed by atoms with Gasteiger partial charge >= 0.3 is 0 Å². The van der Waals surface area contributed by atoms with Crippen molar-refractivity contribution in [3.8, 4) is 11.4 Å². The molecule has 168 valence electrons. The van der Waals surface area contributed by atoms with Crippen LogP contribution in [0.3, 0.4) is 0 Å². The number of imidazole rings is 1. The molecule has 7 heteroatoms. The van der Waals surface area contributed by atoms with E-state index in [0.717, 1.165) is 35.4 Å². The Balaban J connectivity index is 1.21. The highest BCUT2D eigenvalue weighted by Gasteiger charge is 2.22. The molecule has 1 aliphatic heterocycles. The number of hydrogen-bond acceptors (Lipinski definition) is 4. The van der Waals surface area contributed by atoms with Crippen molar-refractivity contribution in [1.29, 1.82) is 0 Å². The first-order valence-electron chi connectivity index (χ1n) is 11.0. The van der Waals surface area contributed by atoms with Crippen LogP contribution in [0.5, 0.6) is 5.75 Å². The Bertz CT molecular complexity index is 1280. The summed E-state index contributed by atoms with van der Waals surface area (Å²) in [4.78, 5) is 21.6. The Hall–Kier alpha value is -3.71. The molecule has 3 aromatic carbocycles. The molecule has 33 heavy (non-hydrogen) atoms. The number of ether oxygens (including phenoxy) is 1. The van der Waals surface area contributed by atoms with Crippen LogP contribution in [-0.2, 0) is 6.54 Å². The summed E-state index contributed by atoms with van der Waals surface area (Å²) in [6, 6.07) is 20.7. The van der Waals surface area contributed by atoms with E-state index >= 15 is 0 Å². The van der Waals surface area contributed by atoms with E-state index in [4.69, 9.17) is 4.74 Å². The quantitative estimate of drug-likeness (QED) is 0.465. The summed E-state index contributed by atoms with van der Waals surface area (Å²) in [7, 11) is 1.46. The van der Waals surface area contributed by atoms with E-state index in [1.165, 1.54) is 13.2 Å². The van der Waals surface area contributed by atoms with Gasteiger partial charge in [-0.1, -0.05) is 18.2 Å². The molecule has 0 atom stereocenters. The van der Waals surface area contributed by atoms with Crippen LogP contribution in [0.25, 0.3) is 16.7 Å². The van der Waals surface area contributed by atoms with Crippen LogP contribution in [0.4, 0.5) is 4.39 Å². The number of carbonyl (C=O) groups excluding carboxylic acids is 1. The number of fused-ring (bicyclic) bond motifs is 1. The number of piperazine rings is 1. The number of methoxy groups -OCH3 is 1. The van der Waals surface area contributed by atoms with Gasteiger partial charge in [-0.05, 0) is 54.1 Å². The Morgan fingerprint density at radius 2 is 1.76 bits per heavy atom. The van der Waals surface area contributed by atoms with E-state index in [-0.39, 0.29) is 17.5 Å². The van der Waals surface area contributed by atoms with Gasteiger partial charge in [0.1, 0.15) is 6.33 Å². The third kappa shape index (κ3) is 4.32. The van der Waals surface area contributed by atoms with E-state index < -0.39 is 0 Å². The second-order valence-corrected chi connectivity index (χ2v) is 8.19. The maximum atomic E-state index is 14.0. The van der Waals surface area contributed by atoms with Crippen molar-refractivity contribution in [2.45, 2.75) is 6.54 Å². The van der Waals surface area contributed by atoms with Crippen molar-refractivity contribution in [3.63, 3.8) is 0 Å². The van der Waals surface area contributed by atoms with Gasteiger partial charge in [0.25, 0.3) is 5.91 Å². The third-order valence-corrected chi connectivity index (χ3v) is 6.13. The number of amides is 1. The molecular formula is C26H25FN4O2. The minimum atomic E-state index is -0.351. The van der Waals surface area contributed by atoms with E-state index in [9.17, 15) is 9.18 Å². The number of benzene rings is 3. The van der Waals surface area contributed by atoms with Gasteiger partial charge in [-0.25, -0.2) is 9.37 Å². The van der Waals surface area contributed by atoms with Crippen LogP contribution in [0.2, 0.25) is 0 Å². The molecule has 1 fully saturated rings. The first-order chi connectivity index (χ1) is 16.1. The lowest BCUT2D eigenvalue weighted by molar-refractivity contribution is 0.0628. The molecule has 1 aliphatic rings.